The van der Waals surface area contributed by atoms with Gasteiger partial charge < -0.3 is 14.8 Å². The minimum Gasteiger partial charge on any atom is -0.493 e. The predicted octanol–water partition coefficient (Wildman–Crippen LogP) is 3.34. The van der Waals surface area contributed by atoms with Crippen LogP contribution in [0.25, 0.3) is 6.08 Å². The molecular formula is C22H19N3O6. The highest BCUT2D eigenvalue weighted by atomic mass is 16.6. The molecular weight excluding hydrogens is 402 g/mol. The first-order valence-corrected chi connectivity index (χ1v) is 8.97. The van der Waals surface area contributed by atoms with Crippen LogP contribution in [-0.4, -0.2) is 30.5 Å². The molecule has 0 saturated carbocycles. The highest BCUT2D eigenvalue weighted by molar-refractivity contribution is 6.01. The Hall–Kier alpha value is -4.45. The average Bonchev–Trinajstić information content (AvgIpc) is 2.76. The van der Waals surface area contributed by atoms with E-state index < -0.39 is 16.8 Å². The van der Waals surface area contributed by atoms with Gasteiger partial charge in [0.15, 0.2) is 11.5 Å². The number of nitrogens with zero attached hydrogens (tertiary/aromatic N) is 2. The lowest BCUT2D eigenvalue weighted by Crippen LogP contribution is -2.24. The number of nitriles is 1. The van der Waals surface area contributed by atoms with Crippen LogP contribution in [-0.2, 0) is 4.79 Å². The number of carbonyl (C=O) groups is 2. The van der Waals surface area contributed by atoms with E-state index in [0.717, 1.165) is 0 Å². The van der Waals surface area contributed by atoms with Crippen LogP contribution in [0, 0.1) is 28.4 Å². The fourth-order valence-electron chi connectivity index (χ4n) is 2.63. The summed E-state index contributed by atoms with van der Waals surface area (Å²) < 4.78 is 10.6. The highest BCUT2D eigenvalue weighted by Crippen LogP contribution is 2.30. The van der Waals surface area contributed by atoms with Gasteiger partial charge in [-0.1, -0.05) is 18.2 Å². The van der Waals surface area contributed by atoms with Gasteiger partial charge in [-0.3, -0.25) is 14.9 Å². The molecule has 0 aliphatic carbocycles. The first-order valence-electron chi connectivity index (χ1n) is 8.97. The van der Waals surface area contributed by atoms with Crippen LogP contribution in [0.15, 0.2) is 54.6 Å². The van der Waals surface area contributed by atoms with Gasteiger partial charge in [-0.25, -0.2) is 4.79 Å². The molecule has 0 heterocycles. The lowest BCUT2D eigenvalue weighted by molar-refractivity contribution is -0.385. The largest absolute Gasteiger partial charge is 0.493 e. The number of ether oxygens (including phenoxy) is 2. The molecule has 158 valence electrons. The predicted molar refractivity (Wildman–Crippen MR) is 113 cm³/mol. The minimum absolute atomic E-state index is 0.0471. The molecule has 0 fully saturated rings. The third-order valence-corrected chi connectivity index (χ3v) is 4.20. The first-order chi connectivity index (χ1) is 14.8. The summed E-state index contributed by atoms with van der Waals surface area (Å²) in [6.07, 6.45) is 2.85. The Morgan fingerprint density at radius 1 is 1.29 bits per heavy atom. The standard InChI is InChI=1S/C22H19N3O6/c1-4-10-24-21(26)16(13-23)11-15-8-9-19(20(12-15)30-3)31-22(27)17-6-5-7-18(14(17)2)25(28)29/h4-9,11-12H,1,10H2,2-3H3,(H,24,26)/b16-11+. The van der Waals surface area contributed by atoms with E-state index in [1.54, 1.807) is 0 Å². The van der Waals surface area contributed by atoms with Gasteiger partial charge in [0.05, 0.1) is 17.6 Å². The zero-order valence-electron chi connectivity index (χ0n) is 16.9. The lowest BCUT2D eigenvalue weighted by Gasteiger charge is -2.11. The van der Waals surface area contributed by atoms with Gasteiger partial charge in [-0.2, -0.15) is 5.26 Å². The number of hydrogen-bond acceptors (Lipinski definition) is 7. The quantitative estimate of drug-likeness (QED) is 0.131. The summed E-state index contributed by atoms with van der Waals surface area (Å²) in [6.45, 7) is 5.16. The summed E-state index contributed by atoms with van der Waals surface area (Å²) in [7, 11) is 1.36. The van der Waals surface area contributed by atoms with Crippen LogP contribution >= 0.6 is 0 Å². The van der Waals surface area contributed by atoms with Crippen LogP contribution in [0.5, 0.6) is 11.5 Å². The lowest BCUT2D eigenvalue weighted by atomic mass is 10.1. The molecule has 31 heavy (non-hydrogen) atoms. The Kier molecular flexibility index (Phi) is 7.63. The van der Waals surface area contributed by atoms with E-state index in [9.17, 15) is 25.0 Å². The van der Waals surface area contributed by atoms with Crippen molar-refractivity contribution in [2.75, 3.05) is 13.7 Å². The fourth-order valence-corrected chi connectivity index (χ4v) is 2.63. The summed E-state index contributed by atoms with van der Waals surface area (Å²) >= 11 is 0. The third kappa shape index (κ3) is 5.55. The Morgan fingerprint density at radius 2 is 2.03 bits per heavy atom. The van der Waals surface area contributed by atoms with E-state index in [1.165, 1.54) is 62.6 Å². The van der Waals surface area contributed by atoms with Gasteiger partial charge in [-0.05, 0) is 36.8 Å². The van der Waals surface area contributed by atoms with Crippen molar-refractivity contribution in [2.45, 2.75) is 6.92 Å². The number of carbonyl (C=O) groups excluding carboxylic acids is 2. The molecule has 0 saturated heterocycles. The Balaban J connectivity index is 2.31. The molecule has 9 heteroatoms. The van der Waals surface area contributed by atoms with Gasteiger partial charge in [-0.15, -0.1) is 6.58 Å². The van der Waals surface area contributed by atoms with Crippen molar-refractivity contribution in [3.05, 3.63) is 81.4 Å². The van der Waals surface area contributed by atoms with Crippen molar-refractivity contribution in [1.82, 2.24) is 5.32 Å². The van der Waals surface area contributed by atoms with Crippen LogP contribution < -0.4 is 14.8 Å². The number of methoxy groups -OCH3 is 1. The van der Waals surface area contributed by atoms with Crippen molar-refractivity contribution >= 4 is 23.6 Å². The molecule has 0 bridgehead atoms. The molecule has 0 atom stereocenters. The minimum atomic E-state index is -0.788. The molecule has 2 aromatic rings. The van der Waals surface area contributed by atoms with Crippen molar-refractivity contribution in [2.24, 2.45) is 0 Å². The number of benzene rings is 2. The van der Waals surface area contributed by atoms with E-state index in [2.05, 4.69) is 11.9 Å². The summed E-state index contributed by atoms with van der Waals surface area (Å²) in [6, 6.07) is 10.4. The van der Waals surface area contributed by atoms with Gasteiger partial charge >= 0.3 is 5.97 Å². The zero-order chi connectivity index (χ0) is 23.0. The zero-order valence-corrected chi connectivity index (χ0v) is 16.9. The second kappa shape index (κ2) is 10.4. The molecule has 9 nitrogen and oxygen atoms in total. The number of esters is 1. The Morgan fingerprint density at radius 3 is 2.65 bits per heavy atom. The van der Waals surface area contributed by atoms with E-state index in [-0.39, 0.29) is 40.4 Å². The second-order valence-electron chi connectivity index (χ2n) is 6.18. The summed E-state index contributed by atoms with van der Waals surface area (Å²) in [5.74, 6) is -1.10. The number of nitro benzene ring substituents is 1. The molecule has 0 aliphatic heterocycles. The van der Waals surface area contributed by atoms with E-state index >= 15 is 0 Å². The van der Waals surface area contributed by atoms with Crippen molar-refractivity contribution < 1.29 is 24.0 Å². The molecule has 0 aromatic heterocycles. The fraction of sp³-hybridized carbons (Fsp3) is 0.136. The molecule has 0 aliphatic rings. The van der Waals surface area contributed by atoms with E-state index in [4.69, 9.17) is 9.47 Å². The first kappa shape index (κ1) is 22.8. The van der Waals surface area contributed by atoms with Gasteiger partial charge in [0.25, 0.3) is 11.6 Å². The second-order valence-corrected chi connectivity index (χ2v) is 6.18. The topological polar surface area (TPSA) is 132 Å². The Bertz CT molecular complexity index is 1110. The maximum Gasteiger partial charge on any atom is 0.344 e. The maximum atomic E-state index is 12.6. The SMILES string of the molecule is C=CCNC(=O)/C(C#N)=C/c1ccc(OC(=O)c2cccc([N+](=O)[O-])c2C)c(OC)c1. The summed E-state index contributed by atoms with van der Waals surface area (Å²) in [4.78, 5) is 35.0. The molecule has 2 aromatic carbocycles. The number of nitro groups is 1. The number of rotatable bonds is 8. The highest BCUT2D eigenvalue weighted by Gasteiger charge is 2.20. The molecule has 0 radical (unpaired) electrons. The third-order valence-electron chi connectivity index (χ3n) is 4.20. The summed E-state index contributed by atoms with van der Waals surface area (Å²) in [5, 5.41) is 22.8. The van der Waals surface area contributed by atoms with Crippen LogP contribution in [0.1, 0.15) is 21.5 Å². The average molecular weight is 421 g/mol. The van der Waals surface area contributed by atoms with E-state index in [0.29, 0.717) is 5.56 Å². The van der Waals surface area contributed by atoms with Gasteiger partial charge in [0.1, 0.15) is 11.6 Å². The smallest absolute Gasteiger partial charge is 0.344 e. The van der Waals surface area contributed by atoms with Crippen LogP contribution in [0.4, 0.5) is 5.69 Å². The van der Waals surface area contributed by atoms with Gasteiger partial charge in [0.2, 0.25) is 0 Å². The van der Waals surface area contributed by atoms with Crippen molar-refractivity contribution in [1.29, 1.82) is 5.26 Å². The molecule has 2 rings (SSSR count). The molecule has 0 spiro atoms. The number of nitrogens with one attached hydrogen (secondary N) is 1. The van der Waals surface area contributed by atoms with Crippen molar-refractivity contribution in [3.63, 3.8) is 0 Å². The molecule has 1 amide bonds. The molecule has 0 unspecified atom stereocenters. The maximum absolute atomic E-state index is 12.6. The monoisotopic (exact) mass is 421 g/mol. The number of hydrogen-bond donors (Lipinski definition) is 1. The molecule has 1 N–H and O–H groups in total. The van der Waals surface area contributed by atoms with Crippen molar-refractivity contribution in [3.8, 4) is 17.6 Å². The number of amides is 1. The van der Waals surface area contributed by atoms with Gasteiger partial charge in [0, 0.05) is 18.2 Å². The van der Waals surface area contributed by atoms with Crippen LogP contribution in [0.2, 0.25) is 0 Å². The normalized spacial score (nSPS) is 10.5. The van der Waals surface area contributed by atoms with Crippen LogP contribution in [0.3, 0.4) is 0 Å². The summed E-state index contributed by atoms with van der Waals surface area (Å²) in [5.41, 5.74) is 0.376. The van der Waals surface area contributed by atoms with E-state index in [1.807, 2.05) is 6.07 Å². The Labute approximate surface area is 178 Å².